The van der Waals surface area contributed by atoms with Gasteiger partial charge in [0.2, 0.25) is 0 Å². The van der Waals surface area contributed by atoms with E-state index in [1.807, 2.05) is 33.8 Å². The number of aliphatic hydroxyl groups is 1. The molecule has 0 bridgehead atoms. The molecule has 0 radical (unpaired) electrons. The Hall–Kier alpha value is -1.15. The van der Waals surface area contributed by atoms with E-state index in [0.29, 0.717) is 24.8 Å². The van der Waals surface area contributed by atoms with Crippen LogP contribution in [0.4, 0.5) is 8.78 Å². The summed E-state index contributed by atoms with van der Waals surface area (Å²) in [5.74, 6) is -1.21. The summed E-state index contributed by atoms with van der Waals surface area (Å²) in [6.45, 7) is 9.77. The number of carbonyl (C=O) groups excluding carboxylic acids is 1. The van der Waals surface area contributed by atoms with Crippen molar-refractivity contribution in [3.05, 3.63) is 23.8 Å². The molecule has 0 aromatic heterocycles. The van der Waals surface area contributed by atoms with Gasteiger partial charge in [-0.1, -0.05) is 52.3 Å². The molecule has 1 heterocycles. The molecular formula is C28H41F2NO4. The molecule has 5 rings (SSSR count). The van der Waals surface area contributed by atoms with E-state index in [1.54, 1.807) is 19.1 Å². The van der Waals surface area contributed by atoms with Gasteiger partial charge in [-0.3, -0.25) is 4.79 Å². The Morgan fingerprint density at radius 2 is 2.03 bits per heavy atom. The molecule has 1 unspecified atom stereocenters. The smallest absolute Gasteiger partial charge is 0.181 e. The third kappa shape index (κ3) is 3.20. The van der Waals surface area contributed by atoms with Crippen molar-refractivity contribution in [2.24, 2.45) is 22.7 Å². The molecule has 2 N–H and O–H groups in total. The molecule has 1 saturated heterocycles. The summed E-state index contributed by atoms with van der Waals surface area (Å²) >= 11 is 0. The SMILES string of the molecule is CCCC1O[C@@H]2C[C@H]3[C@@H]4C[C@H](F)C5=CCC=C[C@]5(C)[C@@]4(F)[C@@H](O)C[C@]3(C)[C@]2(C(=O)CNC(C)C)O1. The van der Waals surface area contributed by atoms with E-state index in [1.165, 1.54) is 0 Å². The number of aliphatic hydroxyl groups excluding tert-OH is 1. The van der Waals surface area contributed by atoms with Crippen molar-refractivity contribution in [1.29, 1.82) is 0 Å². The summed E-state index contributed by atoms with van der Waals surface area (Å²) in [7, 11) is 0. The van der Waals surface area contributed by atoms with Gasteiger partial charge in [-0.25, -0.2) is 8.78 Å². The van der Waals surface area contributed by atoms with Crippen LogP contribution in [0.1, 0.15) is 73.1 Å². The number of ketones is 1. The molecule has 4 aliphatic carbocycles. The maximum atomic E-state index is 17.4. The van der Waals surface area contributed by atoms with Crippen molar-refractivity contribution >= 4 is 5.78 Å². The highest BCUT2D eigenvalue weighted by atomic mass is 19.1. The van der Waals surface area contributed by atoms with E-state index < -0.39 is 52.7 Å². The van der Waals surface area contributed by atoms with E-state index in [0.717, 1.165) is 6.42 Å². The van der Waals surface area contributed by atoms with Crippen LogP contribution in [0.25, 0.3) is 0 Å². The van der Waals surface area contributed by atoms with E-state index in [9.17, 15) is 9.90 Å². The maximum Gasteiger partial charge on any atom is 0.181 e. The number of hydrogen-bond acceptors (Lipinski definition) is 5. The fourth-order valence-corrected chi connectivity index (χ4v) is 8.46. The Bertz CT molecular complexity index is 938. The molecule has 5 nitrogen and oxygen atoms in total. The number of alkyl halides is 2. The van der Waals surface area contributed by atoms with Crippen LogP contribution in [0.15, 0.2) is 23.8 Å². The lowest BCUT2D eigenvalue weighted by Crippen LogP contribution is -2.71. The predicted octanol–water partition coefficient (Wildman–Crippen LogP) is 4.58. The number of halogens is 2. The Balaban J connectivity index is 1.58. The molecule has 5 aliphatic rings. The van der Waals surface area contributed by atoms with Crippen LogP contribution in [0.5, 0.6) is 0 Å². The van der Waals surface area contributed by atoms with Crippen molar-refractivity contribution < 1.29 is 28.2 Å². The summed E-state index contributed by atoms with van der Waals surface area (Å²) in [4.78, 5) is 13.9. The third-order valence-electron chi connectivity index (χ3n) is 10.1. The molecule has 3 saturated carbocycles. The van der Waals surface area contributed by atoms with E-state index in [2.05, 4.69) is 5.32 Å². The molecular weight excluding hydrogens is 452 g/mol. The zero-order chi connectivity index (χ0) is 25.4. The second kappa shape index (κ2) is 8.44. The standard InChI is InChI=1S/C28H41F2NO4/c1-6-9-24-34-23-13-18-19-12-20(29)17-10-7-8-11-25(17,4)27(19,30)21(32)14-26(18,5)28(23,35-24)22(33)15-31-16(2)3/h8,10-11,16,18-21,23-24,31-32H,6-7,9,12-15H2,1-5H3/t18-,19-,20-,21-,23+,24?,25-,26-,27-,28+/m0/s1. The van der Waals surface area contributed by atoms with E-state index in [4.69, 9.17) is 9.47 Å². The van der Waals surface area contributed by atoms with Gasteiger partial charge in [-0.2, -0.15) is 0 Å². The highest BCUT2D eigenvalue weighted by Gasteiger charge is 2.79. The van der Waals surface area contributed by atoms with Gasteiger partial charge < -0.3 is 19.9 Å². The first-order chi connectivity index (χ1) is 16.5. The van der Waals surface area contributed by atoms with Gasteiger partial charge in [0.25, 0.3) is 0 Å². The summed E-state index contributed by atoms with van der Waals surface area (Å²) < 4.78 is 45.9. The quantitative estimate of drug-likeness (QED) is 0.530. The monoisotopic (exact) mass is 493 g/mol. The van der Waals surface area contributed by atoms with Crippen LogP contribution >= 0.6 is 0 Å². The van der Waals surface area contributed by atoms with Crippen LogP contribution in [0.3, 0.4) is 0 Å². The minimum absolute atomic E-state index is 0.00268. The molecule has 4 fully saturated rings. The van der Waals surface area contributed by atoms with Gasteiger partial charge >= 0.3 is 0 Å². The zero-order valence-electron chi connectivity index (χ0n) is 21.7. The van der Waals surface area contributed by atoms with Crippen molar-refractivity contribution in [3.8, 4) is 0 Å². The molecule has 0 amide bonds. The minimum Gasteiger partial charge on any atom is -0.390 e. The molecule has 196 valence electrons. The van der Waals surface area contributed by atoms with Gasteiger partial charge in [0.05, 0.1) is 18.8 Å². The molecule has 35 heavy (non-hydrogen) atoms. The highest BCUT2D eigenvalue weighted by Crippen LogP contribution is 2.72. The van der Waals surface area contributed by atoms with Crippen molar-refractivity contribution in [2.45, 2.75) is 115 Å². The summed E-state index contributed by atoms with van der Waals surface area (Å²) in [6.07, 6.45) is 4.33. The van der Waals surface area contributed by atoms with Crippen molar-refractivity contribution in [3.63, 3.8) is 0 Å². The fraction of sp³-hybridized carbons (Fsp3) is 0.821. The Labute approximate surface area is 207 Å². The second-order valence-electron chi connectivity index (χ2n) is 12.2. The van der Waals surface area contributed by atoms with Crippen LogP contribution in [-0.4, -0.2) is 59.4 Å². The molecule has 0 aromatic carbocycles. The van der Waals surface area contributed by atoms with Crippen LogP contribution in [0, 0.1) is 22.7 Å². The van der Waals surface area contributed by atoms with E-state index >= 15 is 8.78 Å². The highest BCUT2D eigenvalue weighted by molar-refractivity contribution is 5.92. The number of hydrogen-bond donors (Lipinski definition) is 2. The molecule has 0 spiro atoms. The topological polar surface area (TPSA) is 67.8 Å². The van der Waals surface area contributed by atoms with E-state index in [-0.39, 0.29) is 37.1 Å². The first kappa shape index (κ1) is 25.5. The predicted molar refractivity (Wildman–Crippen MR) is 129 cm³/mol. The second-order valence-corrected chi connectivity index (χ2v) is 12.2. The maximum absolute atomic E-state index is 17.4. The molecule has 1 aliphatic heterocycles. The lowest BCUT2D eigenvalue weighted by molar-refractivity contribution is -0.234. The van der Waals surface area contributed by atoms with Crippen LogP contribution < -0.4 is 5.32 Å². The summed E-state index contributed by atoms with van der Waals surface area (Å²) in [5.41, 5.74) is -4.95. The normalized spacial score (nSPS) is 50.4. The van der Waals surface area contributed by atoms with Gasteiger partial charge in [-0.05, 0) is 50.5 Å². The van der Waals surface area contributed by atoms with Gasteiger partial charge in [0.15, 0.2) is 23.3 Å². The average molecular weight is 494 g/mol. The summed E-state index contributed by atoms with van der Waals surface area (Å²) in [5, 5.41) is 14.8. The van der Waals surface area contributed by atoms with Crippen LogP contribution in [0.2, 0.25) is 0 Å². The Morgan fingerprint density at radius 1 is 1.29 bits per heavy atom. The fourth-order valence-electron chi connectivity index (χ4n) is 8.46. The Kier molecular flexibility index (Phi) is 6.15. The lowest BCUT2D eigenvalue weighted by atomic mass is 9.44. The zero-order valence-corrected chi connectivity index (χ0v) is 21.7. The lowest BCUT2D eigenvalue weighted by Gasteiger charge is -2.63. The Morgan fingerprint density at radius 3 is 2.71 bits per heavy atom. The number of Topliss-reactive ketones (excluding diaryl/α,β-unsaturated/α-hetero) is 1. The largest absolute Gasteiger partial charge is 0.390 e. The van der Waals surface area contributed by atoms with Gasteiger partial charge in [0.1, 0.15) is 6.17 Å². The number of fused-ring (bicyclic) bond motifs is 7. The number of allylic oxidation sites excluding steroid dienone is 4. The number of carbonyl (C=O) groups is 1. The average Bonchev–Trinajstić information content (AvgIpc) is 3.27. The van der Waals surface area contributed by atoms with Gasteiger partial charge in [0, 0.05) is 22.8 Å². The molecule has 10 atom stereocenters. The molecule has 7 heteroatoms. The first-order valence-electron chi connectivity index (χ1n) is 13.4. The number of ether oxygens (including phenoxy) is 2. The molecule has 0 aromatic rings. The van der Waals surface area contributed by atoms with Crippen molar-refractivity contribution in [2.75, 3.05) is 6.54 Å². The summed E-state index contributed by atoms with van der Waals surface area (Å²) in [6, 6.07) is 0.108. The third-order valence-corrected chi connectivity index (χ3v) is 10.1. The first-order valence-corrected chi connectivity index (χ1v) is 13.4. The number of rotatable bonds is 6. The van der Waals surface area contributed by atoms with Crippen molar-refractivity contribution in [1.82, 2.24) is 5.32 Å². The minimum atomic E-state index is -2.02. The number of nitrogens with one attached hydrogen (secondary N) is 1. The van der Waals surface area contributed by atoms with Crippen LogP contribution in [-0.2, 0) is 14.3 Å². The van der Waals surface area contributed by atoms with Gasteiger partial charge in [-0.15, -0.1) is 0 Å².